The van der Waals surface area contributed by atoms with Crippen LogP contribution in [0.1, 0.15) is 43.5 Å². The van der Waals surface area contributed by atoms with E-state index in [0.717, 1.165) is 0 Å². The molecule has 0 aliphatic rings. The SMILES string of the molecule is Cc1ccc(C(=O)NCC(O)CC(C)(C)C)o1. The molecule has 0 saturated heterocycles. The number of hydrogen-bond acceptors (Lipinski definition) is 3. The van der Waals surface area contributed by atoms with Crippen LogP contribution in [-0.2, 0) is 0 Å². The summed E-state index contributed by atoms with van der Waals surface area (Å²) < 4.78 is 5.18. The van der Waals surface area contributed by atoms with E-state index in [2.05, 4.69) is 5.32 Å². The maximum absolute atomic E-state index is 11.6. The van der Waals surface area contributed by atoms with Crippen molar-refractivity contribution in [2.24, 2.45) is 5.41 Å². The van der Waals surface area contributed by atoms with Crippen molar-refractivity contribution in [2.75, 3.05) is 6.54 Å². The predicted molar refractivity (Wildman–Crippen MR) is 65.9 cm³/mol. The third-order valence-electron chi connectivity index (χ3n) is 2.31. The van der Waals surface area contributed by atoms with Crippen molar-refractivity contribution >= 4 is 5.91 Å². The number of aryl methyl sites for hydroxylation is 1. The highest BCUT2D eigenvalue weighted by Gasteiger charge is 2.18. The Bertz CT molecular complexity index is 376. The predicted octanol–water partition coefficient (Wildman–Crippen LogP) is 2.11. The Kier molecular flexibility index (Phi) is 4.34. The Morgan fingerprint density at radius 1 is 1.47 bits per heavy atom. The Morgan fingerprint density at radius 3 is 2.59 bits per heavy atom. The number of nitrogens with one attached hydrogen (secondary N) is 1. The van der Waals surface area contributed by atoms with E-state index in [1.165, 1.54) is 0 Å². The second-order valence-electron chi connectivity index (χ2n) is 5.54. The molecule has 0 saturated carbocycles. The highest BCUT2D eigenvalue weighted by Crippen LogP contribution is 2.20. The third kappa shape index (κ3) is 5.04. The average molecular weight is 239 g/mol. The van der Waals surface area contributed by atoms with E-state index in [1.54, 1.807) is 19.1 Å². The summed E-state index contributed by atoms with van der Waals surface area (Å²) in [6, 6.07) is 3.36. The van der Waals surface area contributed by atoms with Crippen LogP contribution in [0.3, 0.4) is 0 Å². The zero-order valence-corrected chi connectivity index (χ0v) is 10.9. The van der Waals surface area contributed by atoms with E-state index in [0.29, 0.717) is 12.2 Å². The first-order valence-electron chi connectivity index (χ1n) is 5.80. The molecular formula is C13H21NO3. The van der Waals surface area contributed by atoms with Crippen LogP contribution in [0.4, 0.5) is 0 Å². The summed E-state index contributed by atoms with van der Waals surface area (Å²) in [6.07, 6.45) is 0.111. The summed E-state index contributed by atoms with van der Waals surface area (Å²) in [5, 5.41) is 12.4. The van der Waals surface area contributed by atoms with Crippen molar-refractivity contribution in [3.05, 3.63) is 23.7 Å². The smallest absolute Gasteiger partial charge is 0.287 e. The lowest BCUT2D eigenvalue weighted by Gasteiger charge is -2.22. The molecule has 96 valence electrons. The molecule has 1 rings (SSSR count). The number of aliphatic hydroxyl groups is 1. The molecular weight excluding hydrogens is 218 g/mol. The molecule has 1 heterocycles. The van der Waals surface area contributed by atoms with Gasteiger partial charge < -0.3 is 14.8 Å². The molecule has 1 aromatic rings. The van der Waals surface area contributed by atoms with E-state index in [1.807, 2.05) is 20.8 Å². The van der Waals surface area contributed by atoms with Crippen molar-refractivity contribution in [2.45, 2.75) is 40.2 Å². The lowest BCUT2D eigenvalue weighted by atomic mass is 9.89. The van der Waals surface area contributed by atoms with Crippen LogP contribution in [0, 0.1) is 12.3 Å². The van der Waals surface area contributed by atoms with Gasteiger partial charge in [0.1, 0.15) is 5.76 Å². The van der Waals surface area contributed by atoms with Gasteiger partial charge in [-0.15, -0.1) is 0 Å². The molecule has 2 N–H and O–H groups in total. The minimum atomic E-state index is -0.532. The minimum Gasteiger partial charge on any atom is -0.456 e. The maximum Gasteiger partial charge on any atom is 0.287 e. The monoisotopic (exact) mass is 239 g/mol. The van der Waals surface area contributed by atoms with E-state index in [4.69, 9.17) is 4.42 Å². The normalized spacial score (nSPS) is 13.5. The second kappa shape index (κ2) is 5.36. The Labute approximate surface area is 102 Å². The number of hydrogen-bond donors (Lipinski definition) is 2. The molecule has 1 amide bonds. The fourth-order valence-corrected chi connectivity index (χ4v) is 1.63. The number of furan rings is 1. The first-order chi connectivity index (χ1) is 7.78. The first-order valence-corrected chi connectivity index (χ1v) is 5.80. The van der Waals surface area contributed by atoms with E-state index in [-0.39, 0.29) is 23.6 Å². The fraction of sp³-hybridized carbons (Fsp3) is 0.615. The van der Waals surface area contributed by atoms with Crippen molar-refractivity contribution in [3.8, 4) is 0 Å². The van der Waals surface area contributed by atoms with E-state index >= 15 is 0 Å². The van der Waals surface area contributed by atoms with Crippen molar-refractivity contribution < 1.29 is 14.3 Å². The zero-order chi connectivity index (χ0) is 13.1. The zero-order valence-electron chi connectivity index (χ0n) is 10.9. The van der Waals surface area contributed by atoms with Gasteiger partial charge >= 0.3 is 0 Å². The summed E-state index contributed by atoms with van der Waals surface area (Å²) in [7, 11) is 0. The van der Waals surface area contributed by atoms with Crippen LogP contribution >= 0.6 is 0 Å². The summed E-state index contributed by atoms with van der Waals surface area (Å²) in [4.78, 5) is 11.6. The van der Waals surface area contributed by atoms with Gasteiger partial charge in [-0.05, 0) is 30.9 Å². The highest BCUT2D eigenvalue weighted by molar-refractivity contribution is 5.91. The highest BCUT2D eigenvalue weighted by atomic mass is 16.3. The van der Waals surface area contributed by atoms with Crippen molar-refractivity contribution in [1.82, 2.24) is 5.32 Å². The topological polar surface area (TPSA) is 62.5 Å². The Morgan fingerprint density at radius 2 is 2.12 bits per heavy atom. The van der Waals surface area contributed by atoms with Gasteiger partial charge in [-0.25, -0.2) is 0 Å². The molecule has 0 aliphatic heterocycles. The number of aliphatic hydroxyl groups excluding tert-OH is 1. The molecule has 4 heteroatoms. The molecule has 17 heavy (non-hydrogen) atoms. The molecule has 0 bridgehead atoms. The van der Waals surface area contributed by atoms with Gasteiger partial charge in [0.2, 0.25) is 0 Å². The van der Waals surface area contributed by atoms with E-state index < -0.39 is 6.10 Å². The van der Waals surface area contributed by atoms with Crippen LogP contribution in [0.5, 0.6) is 0 Å². The summed E-state index contributed by atoms with van der Waals surface area (Å²) >= 11 is 0. The Hall–Kier alpha value is -1.29. The molecule has 1 unspecified atom stereocenters. The van der Waals surface area contributed by atoms with Crippen LogP contribution in [0.2, 0.25) is 0 Å². The molecule has 0 fully saturated rings. The van der Waals surface area contributed by atoms with Crippen molar-refractivity contribution in [3.63, 3.8) is 0 Å². The summed E-state index contributed by atoms with van der Waals surface area (Å²) in [6.45, 7) is 8.18. The lowest BCUT2D eigenvalue weighted by molar-refractivity contribution is 0.0843. The first kappa shape index (κ1) is 13.8. The van der Waals surface area contributed by atoms with Gasteiger partial charge in [0.15, 0.2) is 5.76 Å². The molecule has 4 nitrogen and oxygen atoms in total. The van der Waals surface area contributed by atoms with E-state index in [9.17, 15) is 9.90 Å². The lowest BCUT2D eigenvalue weighted by Crippen LogP contribution is -2.34. The number of rotatable bonds is 4. The van der Waals surface area contributed by atoms with Gasteiger partial charge in [-0.3, -0.25) is 4.79 Å². The van der Waals surface area contributed by atoms with Crippen LogP contribution in [0.25, 0.3) is 0 Å². The quantitative estimate of drug-likeness (QED) is 0.846. The Balaban J connectivity index is 2.38. The van der Waals surface area contributed by atoms with Gasteiger partial charge in [0.25, 0.3) is 5.91 Å². The molecule has 1 aromatic heterocycles. The van der Waals surface area contributed by atoms with Crippen molar-refractivity contribution in [1.29, 1.82) is 0 Å². The maximum atomic E-state index is 11.6. The largest absolute Gasteiger partial charge is 0.456 e. The van der Waals surface area contributed by atoms with Crippen LogP contribution in [-0.4, -0.2) is 23.7 Å². The molecule has 1 atom stereocenters. The molecule has 0 radical (unpaired) electrons. The molecule has 0 aromatic carbocycles. The van der Waals surface area contributed by atoms with Gasteiger partial charge in [0, 0.05) is 6.54 Å². The fourth-order valence-electron chi connectivity index (χ4n) is 1.63. The average Bonchev–Trinajstić information content (AvgIpc) is 2.58. The molecule has 0 aliphatic carbocycles. The number of carbonyl (C=O) groups excluding carboxylic acids is 1. The standard InChI is InChI=1S/C13H21NO3/c1-9-5-6-11(17-9)12(16)14-8-10(15)7-13(2,3)4/h5-6,10,15H,7-8H2,1-4H3,(H,14,16). The minimum absolute atomic E-state index is 0.0470. The van der Waals surface area contributed by atoms with Crippen LogP contribution in [0.15, 0.2) is 16.5 Å². The molecule has 0 spiro atoms. The number of carbonyl (C=O) groups is 1. The van der Waals surface area contributed by atoms with Crippen LogP contribution < -0.4 is 5.32 Å². The number of amides is 1. The van der Waals surface area contributed by atoms with Gasteiger partial charge in [-0.1, -0.05) is 20.8 Å². The van der Waals surface area contributed by atoms with Gasteiger partial charge in [-0.2, -0.15) is 0 Å². The second-order valence-corrected chi connectivity index (χ2v) is 5.54. The third-order valence-corrected chi connectivity index (χ3v) is 2.31. The van der Waals surface area contributed by atoms with Gasteiger partial charge in [0.05, 0.1) is 6.10 Å². The summed E-state index contributed by atoms with van der Waals surface area (Å²) in [5.41, 5.74) is 0.0470. The summed E-state index contributed by atoms with van der Waals surface area (Å²) in [5.74, 6) is 0.696.